The second-order valence-electron chi connectivity index (χ2n) is 2.48. The Morgan fingerprint density at radius 3 is 1.43 bits per heavy atom. The average Bonchev–Trinajstić information content (AvgIpc) is 1.35. The van der Waals surface area contributed by atoms with Crippen LogP contribution in [0.4, 0.5) is 0 Å². The Kier molecular flexibility index (Phi) is 6.71. The first-order valence-corrected chi connectivity index (χ1v) is 2.02. The fourth-order valence-electron chi connectivity index (χ4n) is 0. The van der Waals surface area contributed by atoms with Gasteiger partial charge < -0.3 is 4.79 Å². The molecule has 0 aliphatic rings. The normalized spacial score (nSPS) is 9.57. The van der Waals surface area contributed by atoms with E-state index in [0.29, 0.717) is 0 Å². The summed E-state index contributed by atoms with van der Waals surface area (Å²) in [7, 11) is 0. The molecule has 2 heteroatoms. The van der Waals surface area contributed by atoms with Crippen LogP contribution in [0.3, 0.4) is 0 Å². The van der Waals surface area contributed by atoms with Gasteiger partial charge in [-0.3, -0.25) is 0 Å². The molecule has 0 amide bonds. The molecule has 0 rings (SSSR count). The molecule has 0 unspecified atom stereocenters. The summed E-state index contributed by atoms with van der Waals surface area (Å²) in [5, 5.41) is 0. The fraction of sp³-hybridized carbons (Fsp3) is 0.800. The molecule has 0 saturated heterocycles. The predicted molar refractivity (Wildman–Crippen MR) is 32.7 cm³/mol. The third-order valence-corrected chi connectivity index (χ3v) is 0.354. The summed E-state index contributed by atoms with van der Waals surface area (Å²) in [5.74, 6) is 0. The van der Waals surface area contributed by atoms with Crippen molar-refractivity contribution in [2.75, 3.05) is 0 Å². The summed E-state index contributed by atoms with van der Waals surface area (Å²) in [6.45, 7) is 5.62. The zero-order valence-electron chi connectivity index (χ0n) is 4.49. The Morgan fingerprint density at radius 2 is 1.43 bits per heavy atom. The molecule has 0 aliphatic carbocycles. The van der Waals surface area contributed by atoms with Crippen LogP contribution < -0.4 is 0 Å². The van der Waals surface area contributed by atoms with Crippen LogP contribution >= 0.6 is 0 Å². The van der Waals surface area contributed by atoms with Crippen molar-refractivity contribution < 1.29 is 4.79 Å². The first-order valence-electron chi connectivity index (χ1n) is 2.02. The molecule has 0 spiro atoms. The van der Waals surface area contributed by atoms with Gasteiger partial charge in [0.15, 0.2) is 0 Å². The number of rotatable bonds is 0. The van der Waals surface area contributed by atoms with Crippen LogP contribution in [-0.2, 0) is 4.79 Å². The molecule has 0 radical (unpaired) electrons. The van der Waals surface area contributed by atoms with Gasteiger partial charge in [0.1, 0.15) is 6.29 Å². The SMILES string of the molecule is CC(C)(C)C=O.[KH]. The van der Waals surface area contributed by atoms with Crippen LogP contribution in [0.5, 0.6) is 0 Å². The zero-order chi connectivity index (χ0) is 5.21. The van der Waals surface area contributed by atoms with Crippen molar-refractivity contribution in [3.8, 4) is 0 Å². The average molecular weight is 126 g/mol. The number of carbonyl (C=O) groups excluding carboxylic acids is 1. The molecule has 7 heavy (non-hydrogen) atoms. The molecule has 0 atom stereocenters. The summed E-state index contributed by atoms with van der Waals surface area (Å²) in [6, 6.07) is 0. The van der Waals surface area contributed by atoms with Crippen LogP contribution in [0.25, 0.3) is 0 Å². The summed E-state index contributed by atoms with van der Waals surface area (Å²) in [5.41, 5.74) is -0.139. The van der Waals surface area contributed by atoms with E-state index in [-0.39, 0.29) is 56.8 Å². The fourth-order valence-corrected chi connectivity index (χ4v) is 0. The van der Waals surface area contributed by atoms with Crippen molar-refractivity contribution in [2.24, 2.45) is 5.41 Å². The van der Waals surface area contributed by atoms with E-state index in [2.05, 4.69) is 0 Å². The minimum atomic E-state index is -0.139. The van der Waals surface area contributed by atoms with Gasteiger partial charge in [0.05, 0.1) is 0 Å². The maximum atomic E-state index is 9.83. The van der Waals surface area contributed by atoms with Gasteiger partial charge in [0, 0.05) is 5.41 Å². The van der Waals surface area contributed by atoms with Gasteiger partial charge >= 0.3 is 51.4 Å². The summed E-state index contributed by atoms with van der Waals surface area (Å²) in [6.07, 6.45) is 0.938. The third-order valence-electron chi connectivity index (χ3n) is 0.354. The molecule has 0 heterocycles. The quantitative estimate of drug-likeness (QED) is 0.343. The van der Waals surface area contributed by atoms with Crippen molar-refractivity contribution in [3.05, 3.63) is 0 Å². The van der Waals surface area contributed by atoms with Crippen LogP contribution in [0, 0.1) is 5.41 Å². The molecular formula is C5H11KO. The molecule has 0 fully saturated rings. The third kappa shape index (κ3) is 11.1. The second kappa shape index (κ2) is 4.21. The van der Waals surface area contributed by atoms with E-state index in [1.165, 1.54) is 0 Å². The second-order valence-corrected chi connectivity index (χ2v) is 2.48. The van der Waals surface area contributed by atoms with Crippen LogP contribution in [0.2, 0.25) is 0 Å². The van der Waals surface area contributed by atoms with E-state index in [9.17, 15) is 4.79 Å². The first kappa shape index (κ1) is 11.1. The van der Waals surface area contributed by atoms with Crippen molar-refractivity contribution in [2.45, 2.75) is 20.8 Å². The number of aldehydes is 1. The summed E-state index contributed by atoms with van der Waals surface area (Å²) < 4.78 is 0. The standard InChI is InChI=1S/C5H10O.K.H/c1-5(2,3)4-6;;/h4H,1-3H3;;. The Bertz CT molecular complexity index is 53.6. The van der Waals surface area contributed by atoms with Gasteiger partial charge in [-0.15, -0.1) is 0 Å². The van der Waals surface area contributed by atoms with E-state index in [1.807, 2.05) is 20.8 Å². The molecular weight excluding hydrogens is 115 g/mol. The molecule has 0 saturated carbocycles. The van der Waals surface area contributed by atoms with Gasteiger partial charge in [0.25, 0.3) is 0 Å². The van der Waals surface area contributed by atoms with Gasteiger partial charge in [0.2, 0.25) is 0 Å². The van der Waals surface area contributed by atoms with Crippen molar-refractivity contribution in [1.29, 1.82) is 0 Å². The molecule has 0 aromatic rings. The van der Waals surface area contributed by atoms with Gasteiger partial charge in [-0.1, -0.05) is 20.8 Å². The first-order chi connectivity index (χ1) is 2.56. The van der Waals surface area contributed by atoms with Crippen molar-refractivity contribution in [3.63, 3.8) is 0 Å². The molecule has 0 aromatic heterocycles. The minimum absolute atomic E-state index is 0. The maximum absolute atomic E-state index is 9.83. The van der Waals surface area contributed by atoms with Gasteiger partial charge in [-0.05, 0) is 0 Å². The Morgan fingerprint density at radius 1 is 1.29 bits per heavy atom. The van der Waals surface area contributed by atoms with E-state index in [0.717, 1.165) is 6.29 Å². The molecule has 0 bridgehead atoms. The topological polar surface area (TPSA) is 17.1 Å². The van der Waals surface area contributed by atoms with Crippen LogP contribution in [0.1, 0.15) is 20.8 Å². The number of hydrogen-bond donors (Lipinski definition) is 0. The molecule has 1 nitrogen and oxygen atoms in total. The zero-order valence-corrected chi connectivity index (χ0v) is 4.49. The van der Waals surface area contributed by atoms with Crippen LogP contribution in [-0.4, -0.2) is 57.7 Å². The van der Waals surface area contributed by atoms with Crippen molar-refractivity contribution >= 4 is 57.7 Å². The molecule has 0 aromatic carbocycles. The van der Waals surface area contributed by atoms with E-state index in [4.69, 9.17) is 0 Å². The monoisotopic (exact) mass is 126 g/mol. The Hall–Kier alpha value is 1.31. The number of carbonyl (C=O) groups is 1. The summed E-state index contributed by atoms with van der Waals surface area (Å²) in [4.78, 5) is 9.83. The van der Waals surface area contributed by atoms with E-state index in [1.54, 1.807) is 0 Å². The van der Waals surface area contributed by atoms with Gasteiger partial charge in [-0.25, -0.2) is 0 Å². The Balaban J connectivity index is 0. The molecule has 38 valence electrons. The van der Waals surface area contributed by atoms with E-state index < -0.39 is 0 Å². The summed E-state index contributed by atoms with van der Waals surface area (Å²) >= 11 is 0. The van der Waals surface area contributed by atoms with E-state index >= 15 is 0 Å². The molecule has 0 aliphatic heterocycles. The Labute approximate surface area is 87.3 Å². The van der Waals surface area contributed by atoms with Crippen molar-refractivity contribution in [1.82, 2.24) is 0 Å². The predicted octanol–water partition coefficient (Wildman–Crippen LogP) is 0.583. The van der Waals surface area contributed by atoms with Crippen LogP contribution in [0.15, 0.2) is 0 Å². The number of hydrogen-bond acceptors (Lipinski definition) is 1. The molecule has 0 N–H and O–H groups in total. The van der Waals surface area contributed by atoms with Gasteiger partial charge in [-0.2, -0.15) is 0 Å².